The lowest BCUT2D eigenvalue weighted by molar-refractivity contribution is 0.0971. The van der Waals surface area contributed by atoms with Crippen LogP contribution >= 0.6 is 23.2 Å². The normalized spacial score (nSPS) is 30.4. The van der Waals surface area contributed by atoms with Crippen LogP contribution in [0.3, 0.4) is 0 Å². The Morgan fingerprint density at radius 1 is 1.25 bits per heavy atom. The summed E-state index contributed by atoms with van der Waals surface area (Å²) in [7, 11) is 0. The van der Waals surface area contributed by atoms with Gasteiger partial charge in [-0.2, -0.15) is 0 Å². The van der Waals surface area contributed by atoms with Crippen LogP contribution in [-0.4, -0.2) is 30.1 Å². The fourth-order valence-corrected chi connectivity index (χ4v) is 4.37. The second kappa shape index (κ2) is 5.17. The van der Waals surface area contributed by atoms with Crippen molar-refractivity contribution in [2.24, 2.45) is 11.8 Å². The molecule has 2 nitrogen and oxygen atoms in total. The molecule has 2 saturated heterocycles. The van der Waals surface area contributed by atoms with E-state index in [1.165, 1.54) is 5.56 Å². The molecule has 3 unspecified atom stereocenters. The van der Waals surface area contributed by atoms with Crippen LogP contribution in [0.25, 0.3) is 0 Å². The van der Waals surface area contributed by atoms with Crippen molar-refractivity contribution in [1.29, 1.82) is 0 Å². The molecule has 1 N–H and O–H groups in total. The standard InChI is InChI=1S/C16H22Cl2N2/c1-10(11-4-5-14(17)15(18)6-11)20-9-12-7-19-8-13(12)16(20,2)3/h4-6,10,12-13,19H,7-9H2,1-3H3. The summed E-state index contributed by atoms with van der Waals surface area (Å²) in [5.74, 6) is 1.52. The number of hydrogen-bond acceptors (Lipinski definition) is 2. The van der Waals surface area contributed by atoms with E-state index in [2.05, 4.69) is 37.1 Å². The molecule has 0 radical (unpaired) electrons. The predicted octanol–water partition coefficient (Wildman–Crippen LogP) is 3.98. The van der Waals surface area contributed by atoms with E-state index in [1.807, 2.05) is 12.1 Å². The number of benzene rings is 1. The molecule has 2 fully saturated rings. The molecule has 1 aromatic rings. The van der Waals surface area contributed by atoms with Crippen molar-refractivity contribution in [3.8, 4) is 0 Å². The zero-order valence-corrected chi connectivity index (χ0v) is 13.8. The van der Waals surface area contributed by atoms with Gasteiger partial charge in [-0.05, 0) is 56.8 Å². The maximum absolute atomic E-state index is 6.17. The van der Waals surface area contributed by atoms with E-state index in [-0.39, 0.29) is 5.54 Å². The highest BCUT2D eigenvalue weighted by molar-refractivity contribution is 6.42. The molecular formula is C16H22Cl2N2. The van der Waals surface area contributed by atoms with E-state index in [4.69, 9.17) is 23.2 Å². The van der Waals surface area contributed by atoms with Gasteiger partial charge < -0.3 is 5.32 Å². The molecule has 1 aromatic carbocycles. The van der Waals surface area contributed by atoms with Gasteiger partial charge in [-0.3, -0.25) is 4.90 Å². The molecule has 0 amide bonds. The Morgan fingerprint density at radius 2 is 2.00 bits per heavy atom. The number of fused-ring (bicyclic) bond motifs is 1. The molecule has 2 aliphatic heterocycles. The van der Waals surface area contributed by atoms with Crippen molar-refractivity contribution in [3.05, 3.63) is 33.8 Å². The van der Waals surface area contributed by atoms with Crippen molar-refractivity contribution in [2.75, 3.05) is 19.6 Å². The van der Waals surface area contributed by atoms with Gasteiger partial charge in [0.25, 0.3) is 0 Å². The second-order valence-corrected chi connectivity index (χ2v) is 7.49. The first kappa shape index (κ1) is 14.6. The first-order valence-corrected chi connectivity index (χ1v) is 8.09. The first-order valence-electron chi connectivity index (χ1n) is 7.33. The smallest absolute Gasteiger partial charge is 0.0595 e. The van der Waals surface area contributed by atoms with Gasteiger partial charge >= 0.3 is 0 Å². The monoisotopic (exact) mass is 312 g/mol. The third-order valence-electron chi connectivity index (χ3n) is 5.31. The molecule has 0 bridgehead atoms. The Labute approximate surface area is 131 Å². The minimum absolute atomic E-state index is 0.222. The van der Waals surface area contributed by atoms with Crippen molar-refractivity contribution in [3.63, 3.8) is 0 Å². The van der Waals surface area contributed by atoms with Gasteiger partial charge in [0.15, 0.2) is 0 Å². The molecule has 20 heavy (non-hydrogen) atoms. The van der Waals surface area contributed by atoms with Crippen molar-refractivity contribution < 1.29 is 0 Å². The van der Waals surface area contributed by atoms with Crippen LogP contribution in [0.4, 0.5) is 0 Å². The number of likely N-dealkylation sites (tertiary alicyclic amines) is 1. The van der Waals surface area contributed by atoms with Crippen LogP contribution in [0, 0.1) is 11.8 Å². The maximum Gasteiger partial charge on any atom is 0.0595 e. The molecule has 3 rings (SSSR count). The van der Waals surface area contributed by atoms with Crippen LogP contribution in [-0.2, 0) is 0 Å². The van der Waals surface area contributed by atoms with Gasteiger partial charge in [-0.15, -0.1) is 0 Å². The van der Waals surface area contributed by atoms with Gasteiger partial charge in [0.05, 0.1) is 10.0 Å². The van der Waals surface area contributed by atoms with Crippen LogP contribution < -0.4 is 5.32 Å². The number of nitrogens with one attached hydrogen (secondary N) is 1. The zero-order chi connectivity index (χ0) is 14.5. The molecule has 2 heterocycles. The minimum atomic E-state index is 0.222. The van der Waals surface area contributed by atoms with Crippen LogP contribution in [0.1, 0.15) is 32.4 Å². The molecule has 0 aliphatic carbocycles. The Kier molecular flexibility index (Phi) is 3.79. The number of nitrogens with zero attached hydrogens (tertiary/aromatic N) is 1. The summed E-state index contributed by atoms with van der Waals surface area (Å²) in [6.45, 7) is 10.5. The topological polar surface area (TPSA) is 15.3 Å². The molecular weight excluding hydrogens is 291 g/mol. The first-order chi connectivity index (χ1) is 9.41. The van der Waals surface area contributed by atoms with Gasteiger partial charge in [0.1, 0.15) is 0 Å². The van der Waals surface area contributed by atoms with Crippen molar-refractivity contribution in [2.45, 2.75) is 32.4 Å². The van der Waals surface area contributed by atoms with E-state index in [9.17, 15) is 0 Å². The van der Waals surface area contributed by atoms with Gasteiger partial charge in [-0.1, -0.05) is 29.3 Å². The quantitative estimate of drug-likeness (QED) is 0.888. The highest BCUT2D eigenvalue weighted by atomic mass is 35.5. The molecule has 0 saturated carbocycles. The van der Waals surface area contributed by atoms with Gasteiger partial charge in [0, 0.05) is 24.7 Å². The number of rotatable bonds is 2. The lowest BCUT2D eigenvalue weighted by Crippen LogP contribution is -2.45. The molecule has 4 heteroatoms. The summed E-state index contributed by atoms with van der Waals surface area (Å²) in [4.78, 5) is 2.63. The van der Waals surface area contributed by atoms with E-state index in [0.717, 1.165) is 31.5 Å². The minimum Gasteiger partial charge on any atom is -0.316 e. The summed E-state index contributed by atoms with van der Waals surface area (Å²) in [6.07, 6.45) is 0. The summed E-state index contributed by atoms with van der Waals surface area (Å²) < 4.78 is 0. The van der Waals surface area contributed by atoms with E-state index in [0.29, 0.717) is 16.1 Å². The second-order valence-electron chi connectivity index (χ2n) is 6.68. The summed E-state index contributed by atoms with van der Waals surface area (Å²) in [5.41, 5.74) is 1.47. The van der Waals surface area contributed by atoms with E-state index >= 15 is 0 Å². The fraction of sp³-hybridized carbons (Fsp3) is 0.625. The summed E-state index contributed by atoms with van der Waals surface area (Å²) >= 11 is 12.2. The Morgan fingerprint density at radius 3 is 2.65 bits per heavy atom. The van der Waals surface area contributed by atoms with E-state index in [1.54, 1.807) is 0 Å². The molecule has 2 aliphatic rings. The Balaban J connectivity index is 1.87. The summed E-state index contributed by atoms with van der Waals surface area (Å²) in [6, 6.07) is 6.38. The zero-order valence-electron chi connectivity index (χ0n) is 12.3. The van der Waals surface area contributed by atoms with Crippen molar-refractivity contribution >= 4 is 23.2 Å². The SMILES string of the molecule is CC(c1ccc(Cl)c(Cl)c1)N1CC2CNCC2C1(C)C. The van der Waals surface area contributed by atoms with E-state index < -0.39 is 0 Å². The predicted molar refractivity (Wildman–Crippen MR) is 85.5 cm³/mol. The van der Waals surface area contributed by atoms with Crippen LogP contribution in [0.15, 0.2) is 18.2 Å². The van der Waals surface area contributed by atoms with Gasteiger partial charge in [-0.25, -0.2) is 0 Å². The Bertz CT molecular complexity index is 515. The number of halogens is 2. The third kappa shape index (κ3) is 2.27. The van der Waals surface area contributed by atoms with Crippen LogP contribution in [0.2, 0.25) is 10.0 Å². The number of hydrogen-bond donors (Lipinski definition) is 1. The molecule has 0 spiro atoms. The third-order valence-corrected chi connectivity index (χ3v) is 6.05. The highest BCUT2D eigenvalue weighted by Gasteiger charge is 2.50. The highest BCUT2D eigenvalue weighted by Crippen LogP contribution is 2.45. The molecule has 0 aromatic heterocycles. The fourth-order valence-electron chi connectivity index (χ4n) is 4.06. The van der Waals surface area contributed by atoms with Crippen molar-refractivity contribution in [1.82, 2.24) is 10.2 Å². The Hall–Kier alpha value is -0.280. The summed E-state index contributed by atoms with van der Waals surface area (Å²) in [5, 5.41) is 4.81. The molecule has 3 atom stereocenters. The maximum atomic E-state index is 6.17. The average molecular weight is 313 g/mol. The van der Waals surface area contributed by atoms with Gasteiger partial charge in [0.2, 0.25) is 0 Å². The largest absolute Gasteiger partial charge is 0.316 e. The lowest BCUT2D eigenvalue weighted by Gasteiger charge is -2.40. The molecule has 110 valence electrons. The van der Waals surface area contributed by atoms with Crippen LogP contribution in [0.5, 0.6) is 0 Å². The average Bonchev–Trinajstić information content (AvgIpc) is 2.95. The lowest BCUT2D eigenvalue weighted by atomic mass is 9.84.